The van der Waals surface area contributed by atoms with Crippen LogP contribution >= 0.6 is 0 Å². The fraction of sp³-hybridized carbons (Fsp3) is 0.636. The van der Waals surface area contributed by atoms with Crippen LogP contribution in [0, 0.1) is 5.92 Å². The van der Waals surface area contributed by atoms with Crippen molar-refractivity contribution in [2.45, 2.75) is 26.4 Å². The summed E-state index contributed by atoms with van der Waals surface area (Å²) in [6, 6.07) is 0. The number of hydrogen-bond acceptors (Lipinski definition) is 4. The average molecular weight is 240 g/mol. The Kier molecular flexibility index (Phi) is 4.51. The van der Waals surface area contributed by atoms with Crippen LogP contribution < -0.4 is 11.1 Å². The van der Waals surface area contributed by atoms with E-state index < -0.39 is 6.10 Å². The molecular weight excluding hydrogens is 220 g/mol. The van der Waals surface area contributed by atoms with Crippen LogP contribution in [-0.2, 0) is 7.05 Å². The maximum Gasteiger partial charge on any atom is 0.271 e. The van der Waals surface area contributed by atoms with Crippen LogP contribution in [0.1, 0.15) is 30.8 Å². The minimum absolute atomic E-state index is 0.224. The number of anilines is 1. The number of nitrogens with zero attached hydrogens (tertiary/aromatic N) is 2. The molecule has 0 bridgehead atoms. The molecule has 1 amide bonds. The van der Waals surface area contributed by atoms with Crippen molar-refractivity contribution in [2.24, 2.45) is 13.0 Å². The Balaban J connectivity index is 2.51. The molecule has 17 heavy (non-hydrogen) atoms. The third-order valence-corrected chi connectivity index (χ3v) is 2.42. The first-order chi connectivity index (χ1) is 7.91. The quantitative estimate of drug-likeness (QED) is 0.682. The highest BCUT2D eigenvalue weighted by atomic mass is 16.3. The number of carbonyl (C=O) groups is 1. The van der Waals surface area contributed by atoms with E-state index in [1.54, 1.807) is 7.05 Å². The summed E-state index contributed by atoms with van der Waals surface area (Å²) in [5.74, 6) is 0.0778. The number of nitrogens with two attached hydrogens (primary N) is 1. The lowest BCUT2D eigenvalue weighted by molar-refractivity contribution is 0.0892. The maximum absolute atomic E-state index is 11.8. The second-order valence-electron chi connectivity index (χ2n) is 4.57. The largest absolute Gasteiger partial charge is 0.396 e. The highest BCUT2D eigenvalue weighted by Gasteiger charge is 2.16. The molecule has 1 atom stereocenters. The van der Waals surface area contributed by atoms with E-state index in [0.717, 1.165) is 0 Å². The predicted molar refractivity (Wildman–Crippen MR) is 65.4 cm³/mol. The van der Waals surface area contributed by atoms with E-state index in [1.807, 2.05) is 13.8 Å². The van der Waals surface area contributed by atoms with Gasteiger partial charge in [0.25, 0.3) is 5.91 Å². The molecule has 0 aliphatic heterocycles. The van der Waals surface area contributed by atoms with Crippen molar-refractivity contribution in [3.8, 4) is 0 Å². The van der Waals surface area contributed by atoms with Gasteiger partial charge < -0.3 is 16.2 Å². The Hall–Kier alpha value is -1.56. The molecule has 6 nitrogen and oxygen atoms in total. The molecule has 0 fully saturated rings. The van der Waals surface area contributed by atoms with E-state index in [2.05, 4.69) is 10.4 Å². The highest BCUT2D eigenvalue weighted by molar-refractivity contribution is 5.97. The molecular formula is C11H20N4O2. The molecule has 6 heteroatoms. The van der Waals surface area contributed by atoms with Crippen molar-refractivity contribution in [3.05, 3.63) is 11.9 Å². The van der Waals surface area contributed by atoms with Gasteiger partial charge in [-0.05, 0) is 12.3 Å². The summed E-state index contributed by atoms with van der Waals surface area (Å²) in [6.45, 7) is 4.26. The van der Waals surface area contributed by atoms with Gasteiger partial charge in [0.15, 0.2) is 0 Å². The number of carbonyl (C=O) groups excluding carboxylic acids is 1. The van der Waals surface area contributed by atoms with Crippen molar-refractivity contribution in [2.75, 3.05) is 12.3 Å². The zero-order chi connectivity index (χ0) is 13.0. The van der Waals surface area contributed by atoms with Crippen LogP contribution in [0.4, 0.5) is 5.69 Å². The first-order valence-electron chi connectivity index (χ1n) is 5.65. The fourth-order valence-electron chi connectivity index (χ4n) is 1.65. The van der Waals surface area contributed by atoms with Crippen molar-refractivity contribution in [3.63, 3.8) is 0 Å². The third kappa shape index (κ3) is 3.74. The lowest BCUT2D eigenvalue weighted by atomic mass is 10.1. The van der Waals surface area contributed by atoms with Crippen LogP contribution in [0.5, 0.6) is 0 Å². The molecule has 0 spiro atoms. The molecule has 0 aliphatic rings. The Bertz CT molecular complexity index is 367. The Morgan fingerprint density at radius 3 is 2.76 bits per heavy atom. The van der Waals surface area contributed by atoms with Crippen LogP contribution in [0.3, 0.4) is 0 Å². The summed E-state index contributed by atoms with van der Waals surface area (Å²) >= 11 is 0. The Morgan fingerprint density at radius 2 is 2.29 bits per heavy atom. The lowest BCUT2D eigenvalue weighted by Crippen LogP contribution is -2.34. The molecule has 1 unspecified atom stereocenters. The van der Waals surface area contributed by atoms with Gasteiger partial charge in [0, 0.05) is 13.6 Å². The number of rotatable bonds is 5. The van der Waals surface area contributed by atoms with E-state index in [1.165, 1.54) is 10.9 Å². The van der Waals surface area contributed by atoms with Crippen LogP contribution in [0.15, 0.2) is 6.20 Å². The first-order valence-corrected chi connectivity index (χ1v) is 5.65. The second kappa shape index (κ2) is 5.67. The second-order valence-corrected chi connectivity index (χ2v) is 4.57. The summed E-state index contributed by atoms with van der Waals surface area (Å²) in [5.41, 5.74) is 6.28. The molecule has 0 radical (unpaired) electrons. The minimum atomic E-state index is -0.534. The third-order valence-electron chi connectivity index (χ3n) is 2.42. The van der Waals surface area contributed by atoms with E-state index in [0.29, 0.717) is 23.7 Å². The number of amides is 1. The van der Waals surface area contributed by atoms with Gasteiger partial charge in [-0.2, -0.15) is 5.10 Å². The summed E-state index contributed by atoms with van der Waals surface area (Å²) in [6.07, 6.45) is 1.55. The lowest BCUT2D eigenvalue weighted by Gasteiger charge is -2.14. The molecule has 0 aliphatic carbocycles. The molecule has 1 aromatic heterocycles. The molecule has 96 valence electrons. The van der Waals surface area contributed by atoms with E-state index in [9.17, 15) is 9.90 Å². The van der Waals surface area contributed by atoms with E-state index in [-0.39, 0.29) is 12.5 Å². The first kappa shape index (κ1) is 13.5. The highest BCUT2D eigenvalue weighted by Crippen LogP contribution is 2.09. The molecule has 0 aromatic carbocycles. The predicted octanol–water partition coefficient (Wildman–Crippen LogP) is 0.139. The number of aromatic nitrogens is 2. The maximum atomic E-state index is 11.8. The topological polar surface area (TPSA) is 93.2 Å². The van der Waals surface area contributed by atoms with Crippen molar-refractivity contribution < 1.29 is 9.90 Å². The Labute approximate surface area is 101 Å². The number of hydrogen-bond donors (Lipinski definition) is 3. The van der Waals surface area contributed by atoms with Crippen molar-refractivity contribution >= 4 is 11.6 Å². The normalized spacial score (nSPS) is 12.8. The summed E-state index contributed by atoms with van der Waals surface area (Å²) in [5, 5.41) is 16.2. The van der Waals surface area contributed by atoms with E-state index in [4.69, 9.17) is 5.73 Å². The van der Waals surface area contributed by atoms with Crippen LogP contribution in [-0.4, -0.2) is 33.4 Å². The summed E-state index contributed by atoms with van der Waals surface area (Å²) in [7, 11) is 1.65. The molecule has 0 saturated carbocycles. The smallest absolute Gasteiger partial charge is 0.271 e. The molecule has 1 rings (SSSR count). The van der Waals surface area contributed by atoms with Gasteiger partial charge in [-0.3, -0.25) is 9.48 Å². The molecule has 1 heterocycles. The molecule has 1 aromatic rings. The Morgan fingerprint density at radius 1 is 1.65 bits per heavy atom. The van der Waals surface area contributed by atoms with E-state index >= 15 is 0 Å². The molecule has 4 N–H and O–H groups in total. The van der Waals surface area contributed by atoms with Gasteiger partial charge in [-0.1, -0.05) is 13.8 Å². The SMILES string of the molecule is CC(C)CC(O)CNC(=O)c1c(N)cnn1C. The van der Waals surface area contributed by atoms with Gasteiger partial charge in [-0.25, -0.2) is 0 Å². The number of nitrogens with one attached hydrogen (secondary N) is 1. The van der Waals surface area contributed by atoms with Gasteiger partial charge in [0.05, 0.1) is 18.0 Å². The standard InChI is InChI=1S/C11H20N4O2/c1-7(2)4-8(16)5-13-11(17)10-9(12)6-14-15(10)3/h6-8,16H,4-5,12H2,1-3H3,(H,13,17). The summed E-state index contributed by atoms with van der Waals surface area (Å²) in [4.78, 5) is 11.8. The molecule has 0 saturated heterocycles. The van der Waals surface area contributed by atoms with Gasteiger partial charge in [0.2, 0.25) is 0 Å². The van der Waals surface area contributed by atoms with Gasteiger partial charge >= 0.3 is 0 Å². The minimum Gasteiger partial charge on any atom is -0.396 e. The average Bonchev–Trinajstić information content (AvgIpc) is 2.54. The van der Waals surface area contributed by atoms with Gasteiger partial charge in [-0.15, -0.1) is 0 Å². The van der Waals surface area contributed by atoms with Crippen molar-refractivity contribution in [1.29, 1.82) is 0 Å². The van der Waals surface area contributed by atoms with Gasteiger partial charge in [0.1, 0.15) is 5.69 Å². The number of nitrogen functional groups attached to an aromatic ring is 1. The fourth-order valence-corrected chi connectivity index (χ4v) is 1.65. The van der Waals surface area contributed by atoms with Crippen LogP contribution in [0.2, 0.25) is 0 Å². The zero-order valence-electron chi connectivity index (χ0n) is 10.5. The summed E-state index contributed by atoms with van der Waals surface area (Å²) < 4.78 is 1.42. The number of aryl methyl sites for hydroxylation is 1. The van der Waals surface area contributed by atoms with Crippen molar-refractivity contribution in [1.82, 2.24) is 15.1 Å². The zero-order valence-corrected chi connectivity index (χ0v) is 10.5. The van der Waals surface area contributed by atoms with Crippen LogP contribution in [0.25, 0.3) is 0 Å². The monoisotopic (exact) mass is 240 g/mol. The number of aliphatic hydroxyl groups is 1. The number of aliphatic hydroxyl groups excluding tert-OH is 1.